The van der Waals surface area contributed by atoms with Gasteiger partial charge in [0.15, 0.2) is 5.69 Å². The van der Waals surface area contributed by atoms with E-state index in [0.717, 1.165) is 32.5 Å². The molecule has 1 aliphatic rings. The minimum atomic E-state index is -0.146. The van der Waals surface area contributed by atoms with Crippen molar-refractivity contribution in [3.05, 3.63) is 11.9 Å². The largest absolute Gasteiger partial charge is 0.349 e. The Balaban J connectivity index is 0.00000242. The molecule has 1 aliphatic heterocycles. The molecule has 1 saturated heterocycles. The van der Waals surface area contributed by atoms with Crippen molar-refractivity contribution in [3.63, 3.8) is 0 Å². The first kappa shape index (κ1) is 22.1. The molecule has 0 radical (unpaired) electrons. The van der Waals surface area contributed by atoms with E-state index < -0.39 is 0 Å². The second kappa shape index (κ2) is 10.8. The summed E-state index contributed by atoms with van der Waals surface area (Å²) in [6.45, 7) is 7.69. The summed E-state index contributed by atoms with van der Waals surface area (Å²) in [7, 11) is 2.05. The molecule has 1 aromatic heterocycles. The highest BCUT2D eigenvalue weighted by molar-refractivity contribution is 5.91. The molecule has 7 nitrogen and oxygen atoms in total. The molecule has 2 rings (SSSR count). The SMILES string of the molecule is CC(C)N(C)CCNC(=O)c1cn(C2CCNCC2)nn1.Cl.Cl. The van der Waals surface area contributed by atoms with Crippen molar-refractivity contribution < 1.29 is 4.79 Å². The van der Waals surface area contributed by atoms with E-state index in [4.69, 9.17) is 0 Å². The van der Waals surface area contributed by atoms with Crippen LogP contribution in [-0.4, -0.2) is 65.1 Å². The molecule has 0 spiro atoms. The molecule has 0 saturated carbocycles. The van der Waals surface area contributed by atoms with Crippen LogP contribution in [0.4, 0.5) is 0 Å². The first-order valence-electron chi connectivity index (χ1n) is 7.69. The summed E-state index contributed by atoms with van der Waals surface area (Å²) in [6.07, 6.45) is 3.82. The Morgan fingerprint density at radius 2 is 2.09 bits per heavy atom. The topological polar surface area (TPSA) is 75.1 Å². The van der Waals surface area contributed by atoms with Gasteiger partial charge < -0.3 is 15.5 Å². The predicted octanol–water partition coefficient (Wildman–Crippen LogP) is 1.12. The van der Waals surface area contributed by atoms with E-state index >= 15 is 0 Å². The van der Waals surface area contributed by atoms with Crippen molar-refractivity contribution in [2.75, 3.05) is 33.2 Å². The summed E-state index contributed by atoms with van der Waals surface area (Å²) in [4.78, 5) is 14.2. The molecule has 0 atom stereocenters. The van der Waals surface area contributed by atoms with Crippen LogP contribution in [0.2, 0.25) is 0 Å². The van der Waals surface area contributed by atoms with E-state index in [9.17, 15) is 4.79 Å². The van der Waals surface area contributed by atoms with Gasteiger partial charge >= 0.3 is 0 Å². The maximum absolute atomic E-state index is 12.0. The molecule has 2 heterocycles. The van der Waals surface area contributed by atoms with Crippen LogP contribution >= 0.6 is 24.8 Å². The van der Waals surface area contributed by atoms with Gasteiger partial charge in [-0.25, -0.2) is 4.68 Å². The highest BCUT2D eigenvalue weighted by atomic mass is 35.5. The van der Waals surface area contributed by atoms with E-state index in [-0.39, 0.29) is 30.7 Å². The Kier molecular flexibility index (Phi) is 10.4. The van der Waals surface area contributed by atoms with Crippen LogP contribution in [0.1, 0.15) is 43.2 Å². The summed E-state index contributed by atoms with van der Waals surface area (Å²) in [5.74, 6) is -0.146. The van der Waals surface area contributed by atoms with Gasteiger partial charge in [-0.15, -0.1) is 29.9 Å². The minimum absolute atomic E-state index is 0. The van der Waals surface area contributed by atoms with Crippen molar-refractivity contribution in [3.8, 4) is 0 Å². The average molecular weight is 367 g/mol. The third-order valence-corrected chi connectivity index (χ3v) is 4.06. The first-order valence-corrected chi connectivity index (χ1v) is 7.69. The monoisotopic (exact) mass is 366 g/mol. The van der Waals surface area contributed by atoms with E-state index in [0.29, 0.717) is 24.3 Å². The van der Waals surface area contributed by atoms with Gasteiger partial charge in [0.1, 0.15) is 0 Å². The van der Waals surface area contributed by atoms with Crippen LogP contribution in [0.25, 0.3) is 0 Å². The molecule has 2 N–H and O–H groups in total. The highest BCUT2D eigenvalue weighted by Gasteiger charge is 2.18. The van der Waals surface area contributed by atoms with Gasteiger partial charge in [-0.2, -0.15) is 0 Å². The van der Waals surface area contributed by atoms with Crippen molar-refractivity contribution >= 4 is 30.7 Å². The number of carbonyl (C=O) groups excluding carboxylic acids is 1. The summed E-state index contributed by atoms with van der Waals surface area (Å²) in [6, 6.07) is 0.829. The van der Waals surface area contributed by atoms with Crippen LogP contribution in [0.5, 0.6) is 0 Å². The van der Waals surface area contributed by atoms with Crippen molar-refractivity contribution in [2.45, 2.75) is 38.8 Å². The number of nitrogens with one attached hydrogen (secondary N) is 2. The summed E-state index contributed by atoms with van der Waals surface area (Å²) >= 11 is 0. The standard InChI is InChI=1S/C14H26N6O.2ClH/c1-11(2)19(3)9-8-16-14(21)13-10-20(18-17-13)12-4-6-15-7-5-12;;/h10-12,15H,4-9H2,1-3H3,(H,16,21);2*1H. The fraction of sp³-hybridized carbons (Fsp3) is 0.786. The molecule has 0 aliphatic carbocycles. The number of hydrogen-bond acceptors (Lipinski definition) is 5. The normalized spacial score (nSPS) is 15.2. The lowest BCUT2D eigenvalue weighted by molar-refractivity contribution is 0.0943. The highest BCUT2D eigenvalue weighted by Crippen LogP contribution is 2.16. The number of piperidine rings is 1. The van der Waals surface area contributed by atoms with E-state index in [1.165, 1.54) is 0 Å². The van der Waals surface area contributed by atoms with Gasteiger partial charge in [-0.05, 0) is 46.8 Å². The number of halogens is 2. The molecule has 1 amide bonds. The first-order chi connectivity index (χ1) is 10.1. The second-order valence-electron chi connectivity index (χ2n) is 5.90. The van der Waals surface area contributed by atoms with Crippen LogP contribution < -0.4 is 10.6 Å². The Bertz CT molecular complexity index is 462. The van der Waals surface area contributed by atoms with Gasteiger partial charge in [0, 0.05) is 19.1 Å². The molecule has 0 bridgehead atoms. The van der Waals surface area contributed by atoms with Crippen LogP contribution in [0.15, 0.2) is 6.20 Å². The maximum Gasteiger partial charge on any atom is 0.273 e. The van der Waals surface area contributed by atoms with Gasteiger partial charge in [-0.3, -0.25) is 4.79 Å². The van der Waals surface area contributed by atoms with E-state index in [1.54, 1.807) is 6.20 Å². The summed E-state index contributed by atoms with van der Waals surface area (Å²) < 4.78 is 1.83. The fourth-order valence-corrected chi connectivity index (χ4v) is 2.32. The average Bonchev–Trinajstić information content (AvgIpc) is 2.97. The zero-order valence-corrected chi connectivity index (χ0v) is 15.6. The van der Waals surface area contributed by atoms with E-state index in [1.807, 2.05) is 11.7 Å². The fourth-order valence-electron chi connectivity index (χ4n) is 2.32. The van der Waals surface area contributed by atoms with Crippen molar-refractivity contribution in [1.82, 2.24) is 30.5 Å². The minimum Gasteiger partial charge on any atom is -0.349 e. The number of amides is 1. The molecule has 0 aromatic carbocycles. The Hall–Kier alpha value is -0.890. The molecule has 1 aromatic rings. The summed E-state index contributed by atoms with van der Waals surface area (Å²) in [5.41, 5.74) is 0.403. The van der Waals surface area contributed by atoms with Gasteiger partial charge in [0.2, 0.25) is 0 Å². The molecule has 1 fully saturated rings. The molecule has 9 heteroatoms. The lowest BCUT2D eigenvalue weighted by Crippen LogP contribution is -2.36. The van der Waals surface area contributed by atoms with Crippen molar-refractivity contribution in [2.24, 2.45) is 0 Å². The zero-order valence-electron chi connectivity index (χ0n) is 14.0. The third-order valence-electron chi connectivity index (χ3n) is 4.06. The van der Waals surface area contributed by atoms with Crippen molar-refractivity contribution in [1.29, 1.82) is 0 Å². The number of carbonyl (C=O) groups is 1. The quantitative estimate of drug-likeness (QED) is 0.788. The molecular formula is C14H28Cl2N6O. The maximum atomic E-state index is 12.0. The summed E-state index contributed by atoms with van der Waals surface area (Å²) in [5, 5.41) is 14.3. The molecule has 23 heavy (non-hydrogen) atoms. The lowest BCUT2D eigenvalue weighted by atomic mass is 10.1. The number of nitrogens with zero attached hydrogens (tertiary/aromatic N) is 4. The lowest BCUT2D eigenvalue weighted by Gasteiger charge is -2.22. The smallest absolute Gasteiger partial charge is 0.273 e. The molecular weight excluding hydrogens is 339 g/mol. The van der Waals surface area contributed by atoms with Gasteiger partial charge in [0.05, 0.1) is 12.2 Å². The number of likely N-dealkylation sites (N-methyl/N-ethyl adjacent to an activating group) is 1. The Labute approximate surface area is 150 Å². The zero-order chi connectivity index (χ0) is 15.2. The third kappa shape index (κ3) is 6.63. The second-order valence-corrected chi connectivity index (χ2v) is 5.90. The molecule has 0 unspecified atom stereocenters. The van der Waals surface area contributed by atoms with Crippen LogP contribution in [0.3, 0.4) is 0 Å². The number of hydrogen-bond donors (Lipinski definition) is 2. The Morgan fingerprint density at radius 1 is 1.43 bits per heavy atom. The number of rotatable bonds is 6. The van der Waals surface area contributed by atoms with Crippen LogP contribution in [0, 0.1) is 0 Å². The van der Waals surface area contributed by atoms with Gasteiger partial charge in [0.25, 0.3) is 5.91 Å². The van der Waals surface area contributed by atoms with Crippen LogP contribution in [-0.2, 0) is 0 Å². The van der Waals surface area contributed by atoms with E-state index in [2.05, 4.69) is 39.7 Å². The molecule has 134 valence electrons. The Morgan fingerprint density at radius 3 is 2.70 bits per heavy atom. The predicted molar refractivity (Wildman–Crippen MR) is 95.8 cm³/mol. The number of aromatic nitrogens is 3. The van der Waals surface area contributed by atoms with Gasteiger partial charge in [-0.1, -0.05) is 5.21 Å².